The number of halogens is 1. The molecule has 0 saturated heterocycles. The van der Waals surface area contributed by atoms with Gasteiger partial charge in [0.1, 0.15) is 5.82 Å². The Morgan fingerprint density at radius 1 is 1.03 bits per heavy atom. The fraction of sp³-hybridized carbons (Fsp3) is 0.240. The van der Waals surface area contributed by atoms with Crippen LogP contribution >= 0.6 is 0 Å². The van der Waals surface area contributed by atoms with Crippen molar-refractivity contribution in [2.45, 2.75) is 38.6 Å². The molecule has 1 aromatic heterocycles. The van der Waals surface area contributed by atoms with Crippen molar-refractivity contribution in [3.8, 4) is 5.69 Å². The lowest BCUT2D eigenvalue weighted by molar-refractivity contribution is 0.576. The average Bonchev–Trinajstić information content (AvgIpc) is 3.17. The Hall–Kier alpha value is -3.23. The molecule has 6 nitrogen and oxygen atoms in total. The number of sulfonamides is 1. The zero-order valence-electron chi connectivity index (χ0n) is 19.1. The second-order valence-corrected chi connectivity index (χ2v) is 10.1. The third kappa shape index (κ3) is 4.77. The molecule has 0 saturated carbocycles. The molecule has 4 rings (SSSR count). The van der Waals surface area contributed by atoms with E-state index in [1.54, 1.807) is 23.0 Å². The normalized spacial score (nSPS) is 12.8. The van der Waals surface area contributed by atoms with Gasteiger partial charge in [-0.1, -0.05) is 23.8 Å². The molecule has 4 aromatic rings. The number of aryl methyl sites for hydroxylation is 3. The number of fused-ring (bicyclic) bond motifs is 1. The molecule has 0 bridgehead atoms. The number of hydrogen-bond donors (Lipinski definition) is 2. The lowest BCUT2D eigenvalue weighted by Gasteiger charge is -2.18. The summed E-state index contributed by atoms with van der Waals surface area (Å²) in [4.78, 5) is 0.336. The van der Waals surface area contributed by atoms with Gasteiger partial charge in [0.2, 0.25) is 10.0 Å². The molecule has 8 heteroatoms. The van der Waals surface area contributed by atoms with Crippen molar-refractivity contribution in [1.29, 1.82) is 0 Å². The van der Waals surface area contributed by atoms with Crippen molar-refractivity contribution < 1.29 is 12.8 Å². The van der Waals surface area contributed by atoms with Crippen LogP contribution < -0.4 is 10.0 Å². The van der Waals surface area contributed by atoms with Gasteiger partial charge in [0.25, 0.3) is 0 Å². The summed E-state index contributed by atoms with van der Waals surface area (Å²) in [7, 11) is -3.64. The molecular weight excluding hydrogens is 439 g/mol. The molecule has 0 amide bonds. The predicted molar refractivity (Wildman–Crippen MR) is 130 cm³/mol. The molecule has 0 aliphatic heterocycles. The second kappa shape index (κ2) is 8.96. The lowest BCUT2D eigenvalue weighted by Crippen LogP contribution is -2.35. The van der Waals surface area contributed by atoms with Gasteiger partial charge in [0.05, 0.1) is 22.3 Å². The number of hydrogen-bond acceptors (Lipinski definition) is 4. The number of benzene rings is 3. The van der Waals surface area contributed by atoms with E-state index in [1.165, 1.54) is 12.1 Å². The summed E-state index contributed by atoms with van der Waals surface area (Å²) in [5.41, 5.74) is 4.97. The minimum atomic E-state index is -3.64. The van der Waals surface area contributed by atoms with Crippen LogP contribution in [0.25, 0.3) is 16.6 Å². The third-order valence-corrected chi connectivity index (χ3v) is 7.27. The quantitative estimate of drug-likeness (QED) is 0.408. The molecule has 0 radical (unpaired) electrons. The van der Waals surface area contributed by atoms with Crippen LogP contribution in [-0.2, 0) is 10.0 Å². The Bertz CT molecular complexity index is 1390. The van der Waals surface area contributed by atoms with Crippen molar-refractivity contribution in [2.24, 2.45) is 0 Å². The topological polar surface area (TPSA) is 76.0 Å². The van der Waals surface area contributed by atoms with Crippen molar-refractivity contribution in [3.05, 3.63) is 83.3 Å². The van der Waals surface area contributed by atoms with Crippen LogP contribution in [0.4, 0.5) is 10.1 Å². The summed E-state index contributed by atoms with van der Waals surface area (Å²) in [5, 5.41) is 8.73. The second-order valence-electron chi connectivity index (χ2n) is 8.40. The van der Waals surface area contributed by atoms with E-state index in [9.17, 15) is 12.8 Å². The molecule has 172 valence electrons. The van der Waals surface area contributed by atoms with E-state index in [0.717, 1.165) is 39.0 Å². The maximum Gasteiger partial charge on any atom is 0.241 e. The summed E-state index contributed by atoms with van der Waals surface area (Å²) in [5.74, 6) is -0.301. The van der Waals surface area contributed by atoms with Crippen molar-refractivity contribution in [1.82, 2.24) is 14.5 Å². The Labute approximate surface area is 193 Å². The molecule has 0 unspecified atom stereocenters. The number of nitrogens with one attached hydrogen (secondary N) is 2. The molecular formula is C25H27FN4O2S. The molecule has 1 atom stereocenters. The Morgan fingerprint density at radius 3 is 2.36 bits per heavy atom. The fourth-order valence-corrected chi connectivity index (χ4v) is 5.76. The molecule has 0 aliphatic carbocycles. The van der Waals surface area contributed by atoms with Gasteiger partial charge < -0.3 is 5.32 Å². The largest absolute Gasteiger partial charge is 0.381 e. The molecule has 2 N–H and O–H groups in total. The van der Waals surface area contributed by atoms with Crippen LogP contribution in [0.2, 0.25) is 0 Å². The third-order valence-electron chi connectivity index (χ3n) is 5.54. The number of nitrogens with zero attached hydrogens (tertiary/aromatic N) is 2. The summed E-state index contributed by atoms with van der Waals surface area (Å²) in [6, 6.07) is 15.5. The first-order valence-corrected chi connectivity index (χ1v) is 12.2. The number of anilines is 1. The van der Waals surface area contributed by atoms with Crippen LogP contribution in [0.1, 0.15) is 23.6 Å². The number of rotatable bonds is 7. The van der Waals surface area contributed by atoms with Gasteiger partial charge in [-0.15, -0.1) is 0 Å². The molecule has 0 spiro atoms. The lowest BCUT2D eigenvalue weighted by atomic mass is 10.1. The van der Waals surface area contributed by atoms with E-state index in [4.69, 9.17) is 0 Å². The van der Waals surface area contributed by atoms with Gasteiger partial charge in [-0.3, -0.25) is 0 Å². The minimum Gasteiger partial charge on any atom is -0.381 e. The van der Waals surface area contributed by atoms with Crippen molar-refractivity contribution in [3.63, 3.8) is 0 Å². The van der Waals surface area contributed by atoms with E-state index >= 15 is 0 Å². The minimum absolute atomic E-state index is 0.175. The first kappa shape index (κ1) is 22.9. The highest BCUT2D eigenvalue weighted by atomic mass is 32.2. The predicted octanol–water partition coefficient (Wildman–Crippen LogP) is 4.87. The van der Waals surface area contributed by atoms with E-state index in [2.05, 4.69) is 15.1 Å². The van der Waals surface area contributed by atoms with E-state index in [1.807, 2.05) is 58.0 Å². The summed E-state index contributed by atoms with van der Waals surface area (Å²) in [6.07, 6.45) is 1.75. The van der Waals surface area contributed by atoms with Gasteiger partial charge >= 0.3 is 0 Å². The van der Waals surface area contributed by atoms with Crippen LogP contribution in [0.3, 0.4) is 0 Å². The standard InChI is InChI=1S/C25H27FN4O2S/c1-16-12-17(2)25(18(3)13-16)33(31,32)28-14-19(4)29-23-6-5-7-24-22(23)15-27-30(24)21-10-8-20(26)9-11-21/h5-13,15,19,28-29H,14H2,1-4H3/t19-/m0/s1. The zero-order valence-corrected chi connectivity index (χ0v) is 19.9. The van der Waals surface area contributed by atoms with Gasteiger partial charge in [0.15, 0.2) is 0 Å². The van der Waals surface area contributed by atoms with Crippen LogP contribution in [0, 0.1) is 26.6 Å². The fourth-order valence-electron chi connectivity index (χ4n) is 4.18. The molecule has 0 fully saturated rings. The first-order chi connectivity index (χ1) is 15.7. The van der Waals surface area contributed by atoms with Gasteiger partial charge in [-0.25, -0.2) is 22.2 Å². The Kier molecular flexibility index (Phi) is 6.23. The van der Waals surface area contributed by atoms with Gasteiger partial charge in [-0.2, -0.15) is 5.10 Å². The highest BCUT2D eigenvalue weighted by molar-refractivity contribution is 7.89. The summed E-state index contributed by atoms with van der Waals surface area (Å²) in [6.45, 7) is 7.72. The van der Waals surface area contributed by atoms with E-state index < -0.39 is 10.0 Å². The molecule has 0 aliphatic rings. The maximum atomic E-state index is 13.3. The SMILES string of the molecule is Cc1cc(C)c(S(=O)(=O)NC[C@H](C)Nc2cccc3c2cnn3-c2ccc(F)cc2)c(C)c1. The Morgan fingerprint density at radius 2 is 1.70 bits per heavy atom. The summed E-state index contributed by atoms with van der Waals surface area (Å²) < 4.78 is 43.7. The first-order valence-electron chi connectivity index (χ1n) is 10.7. The smallest absolute Gasteiger partial charge is 0.241 e. The van der Waals surface area contributed by atoms with Crippen LogP contribution in [0.5, 0.6) is 0 Å². The van der Waals surface area contributed by atoms with Crippen molar-refractivity contribution in [2.75, 3.05) is 11.9 Å². The maximum absolute atomic E-state index is 13.3. The number of aromatic nitrogens is 2. The highest BCUT2D eigenvalue weighted by Gasteiger charge is 2.20. The van der Waals surface area contributed by atoms with Crippen LogP contribution in [0.15, 0.2) is 65.7 Å². The Balaban J connectivity index is 1.52. The van der Waals surface area contributed by atoms with E-state index in [-0.39, 0.29) is 18.4 Å². The molecule has 1 heterocycles. The molecule has 3 aromatic carbocycles. The van der Waals surface area contributed by atoms with Crippen molar-refractivity contribution >= 4 is 26.6 Å². The van der Waals surface area contributed by atoms with Gasteiger partial charge in [0, 0.05) is 23.7 Å². The highest BCUT2D eigenvalue weighted by Crippen LogP contribution is 2.26. The zero-order chi connectivity index (χ0) is 23.8. The summed E-state index contributed by atoms with van der Waals surface area (Å²) >= 11 is 0. The van der Waals surface area contributed by atoms with E-state index in [0.29, 0.717) is 4.90 Å². The molecule has 33 heavy (non-hydrogen) atoms. The van der Waals surface area contributed by atoms with Gasteiger partial charge in [-0.05, 0) is 75.2 Å². The average molecular weight is 467 g/mol. The monoisotopic (exact) mass is 466 g/mol. The van der Waals surface area contributed by atoms with Crippen LogP contribution in [-0.4, -0.2) is 30.8 Å².